The van der Waals surface area contributed by atoms with E-state index in [-0.39, 0.29) is 12.5 Å². The summed E-state index contributed by atoms with van der Waals surface area (Å²) in [6.45, 7) is 2.66. The van der Waals surface area contributed by atoms with E-state index in [0.29, 0.717) is 22.2 Å². The van der Waals surface area contributed by atoms with Gasteiger partial charge in [0.15, 0.2) is 23.9 Å². The van der Waals surface area contributed by atoms with Crippen molar-refractivity contribution in [3.05, 3.63) is 58.9 Å². The molecule has 0 spiro atoms. The van der Waals surface area contributed by atoms with Crippen molar-refractivity contribution in [2.24, 2.45) is 0 Å². The summed E-state index contributed by atoms with van der Waals surface area (Å²) in [5.74, 6) is 2.50. The molecule has 1 N–H and O–H groups in total. The lowest BCUT2D eigenvalue weighted by atomic mass is 10.1. The van der Waals surface area contributed by atoms with Crippen molar-refractivity contribution >= 4 is 29.3 Å². The highest BCUT2D eigenvalue weighted by Crippen LogP contribution is 2.32. The van der Waals surface area contributed by atoms with E-state index < -0.39 is 0 Å². The summed E-state index contributed by atoms with van der Waals surface area (Å²) in [6.07, 6.45) is 8.20. The van der Waals surface area contributed by atoms with Gasteiger partial charge >= 0.3 is 0 Å². The number of hydrogen-bond acceptors (Lipinski definition) is 5. The maximum Gasteiger partial charge on any atom is 0.262 e. The van der Waals surface area contributed by atoms with Crippen LogP contribution in [0, 0.1) is 0 Å². The first-order valence-corrected chi connectivity index (χ1v) is 11.4. The molecule has 172 valence electrons. The molecule has 8 heteroatoms. The number of carbonyl (C=O) groups excluding carboxylic acids is 1. The van der Waals surface area contributed by atoms with Crippen molar-refractivity contribution in [3.8, 4) is 22.9 Å². The summed E-state index contributed by atoms with van der Waals surface area (Å²) >= 11 is 6.48. The van der Waals surface area contributed by atoms with Gasteiger partial charge in [-0.15, -0.1) is 10.2 Å². The van der Waals surface area contributed by atoms with Crippen LogP contribution in [0.1, 0.15) is 37.6 Å². The number of nitrogens with zero attached hydrogens (tertiary/aromatic N) is 3. The van der Waals surface area contributed by atoms with Gasteiger partial charge in [0.1, 0.15) is 5.82 Å². The monoisotopic (exact) mass is 466 g/mol. The van der Waals surface area contributed by atoms with Crippen LogP contribution < -0.4 is 14.8 Å². The normalized spacial score (nSPS) is 13.4. The third kappa shape index (κ3) is 5.37. The summed E-state index contributed by atoms with van der Waals surface area (Å²) < 4.78 is 13.2. The predicted octanol–water partition coefficient (Wildman–Crippen LogP) is 5.38. The molecule has 1 aromatic heterocycles. The Hall–Kier alpha value is -3.32. The first-order chi connectivity index (χ1) is 16.1. The van der Waals surface area contributed by atoms with Gasteiger partial charge in [0.05, 0.1) is 12.1 Å². The molecule has 0 fully saturated rings. The first-order valence-electron chi connectivity index (χ1n) is 11.0. The molecule has 0 unspecified atom stereocenters. The highest BCUT2D eigenvalue weighted by molar-refractivity contribution is 6.33. The van der Waals surface area contributed by atoms with Gasteiger partial charge in [-0.25, -0.2) is 0 Å². The van der Waals surface area contributed by atoms with E-state index in [0.717, 1.165) is 48.6 Å². The minimum Gasteiger partial charge on any atom is -0.493 e. The number of allylic oxidation sites excluding steroid dienone is 1. The minimum atomic E-state index is -0.289. The SMILES string of the molecule is C/C=C/c1ccc(OCC(=O)Nc2ccc(Cl)c(-c3nnc4n3CCCCC4)c2)c(OC)c1. The fourth-order valence-electron chi connectivity index (χ4n) is 3.90. The Labute approximate surface area is 198 Å². The molecule has 0 bridgehead atoms. The molecule has 0 saturated carbocycles. The zero-order chi connectivity index (χ0) is 23.2. The molecule has 2 aromatic carbocycles. The van der Waals surface area contributed by atoms with E-state index in [9.17, 15) is 4.79 Å². The number of hydrogen-bond donors (Lipinski definition) is 1. The first kappa shape index (κ1) is 22.9. The lowest BCUT2D eigenvalue weighted by Crippen LogP contribution is -2.20. The maximum absolute atomic E-state index is 12.6. The fourth-order valence-corrected chi connectivity index (χ4v) is 4.10. The molecule has 3 aromatic rings. The Morgan fingerprint density at radius 1 is 1.15 bits per heavy atom. The number of ether oxygens (including phenoxy) is 2. The van der Waals surface area contributed by atoms with Crippen molar-refractivity contribution < 1.29 is 14.3 Å². The third-order valence-electron chi connectivity index (χ3n) is 5.51. The molecular weight excluding hydrogens is 440 g/mol. The Kier molecular flexibility index (Phi) is 7.29. The number of anilines is 1. The minimum absolute atomic E-state index is 0.155. The van der Waals surface area contributed by atoms with Crippen LogP contribution in [0.25, 0.3) is 17.5 Å². The zero-order valence-electron chi connectivity index (χ0n) is 18.8. The van der Waals surface area contributed by atoms with E-state index in [1.165, 1.54) is 6.42 Å². The number of rotatable bonds is 7. The topological polar surface area (TPSA) is 78.3 Å². The van der Waals surface area contributed by atoms with Crippen LogP contribution >= 0.6 is 11.6 Å². The van der Waals surface area contributed by atoms with Gasteiger partial charge in [-0.05, 0) is 55.7 Å². The molecule has 0 radical (unpaired) electrons. The Morgan fingerprint density at radius 2 is 2.03 bits per heavy atom. The van der Waals surface area contributed by atoms with E-state index in [1.54, 1.807) is 25.3 Å². The number of carbonyl (C=O) groups is 1. The average molecular weight is 467 g/mol. The molecule has 0 saturated heterocycles. The molecule has 0 atom stereocenters. The van der Waals surface area contributed by atoms with Crippen LogP contribution in [0.3, 0.4) is 0 Å². The second-order valence-corrected chi connectivity index (χ2v) is 8.25. The Balaban J connectivity index is 1.46. The van der Waals surface area contributed by atoms with Crippen LogP contribution in [0.5, 0.6) is 11.5 Å². The third-order valence-corrected chi connectivity index (χ3v) is 5.84. The number of aryl methyl sites for hydroxylation is 1. The number of halogens is 1. The van der Waals surface area contributed by atoms with Crippen LogP contribution in [-0.2, 0) is 17.8 Å². The van der Waals surface area contributed by atoms with Crippen LogP contribution in [0.4, 0.5) is 5.69 Å². The standard InChI is InChI=1S/C25H27ClN4O3/c1-3-7-17-9-12-21(22(14-17)32-2)33-16-24(31)27-18-10-11-20(26)19(15-18)25-29-28-23-8-5-4-6-13-30(23)25/h3,7,9-12,14-15H,4-6,8,13,16H2,1-2H3,(H,27,31)/b7-3+. The Bertz CT molecular complexity index is 1170. The molecule has 1 amide bonds. The number of fused-ring (bicyclic) bond motifs is 1. The number of aromatic nitrogens is 3. The lowest BCUT2D eigenvalue weighted by molar-refractivity contribution is -0.118. The van der Waals surface area contributed by atoms with Gasteiger partial charge in [0.25, 0.3) is 5.91 Å². The van der Waals surface area contributed by atoms with Crippen molar-refractivity contribution in [1.29, 1.82) is 0 Å². The highest BCUT2D eigenvalue weighted by Gasteiger charge is 2.19. The van der Waals surface area contributed by atoms with Crippen molar-refractivity contribution in [3.63, 3.8) is 0 Å². The Morgan fingerprint density at radius 3 is 2.85 bits per heavy atom. The molecule has 1 aliphatic rings. The summed E-state index contributed by atoms with van der Waals surface area (Å²) in [5.41, 5.74) is 2.35. The summed E-state index contributed by atoms with van der Waals surface area (Å²) in [4.78, 5) is 12.6. The van der Waals surface area contributed by atoms with E-state index in [1.807, 2.05) is 37.3 Å². The molecule has 4 rings (SSSR count). The van der Waals surface area contributed by atoms with Crippen molar-refractivity contribution in [1.82, 2.24) is 14.8 Å². The smallest absolute Gasteiger partial charge is 0.262 e. The number of benzene rings is 2. The van der Waals surface area contributed by atoms with E-state index >= 15 is 0 Å². The van der Waals surface area contributed by atoms with Crippen molar-refractivity contribution in [2.45, 2.75) is 39.2 Å². The quantitative estimate of drug-likeness (QED) is 0.505. The second kappa shape index (κ2) is 10.5. The molecule has 7 nitrogen and oxygen atoms in total. The zero-order valence-corrected chi connectivity index (χ0v) is 19.6. The van der Waals surface area contributed by atoms with Crippen LogP contribution in [0.2, 0.25) is 5.02 Å². The predicted molar refractivity (Wildman–Crippen MR) is 130 cm³/mol. The van der Waals surface area contributed by atoms with E-state index in [4.69, 9.17) is 21.1 Å². The number of methoxy groups -OCH3 is 1. The largest absolute Gasteiger partial charge is 0.493 e. The summed E-state index contributed by atoms with van der Waals surface area (Å²) in [7, 11) is 1.57. The van der Waals surface area contributed by atoms with Gasteiger partial charge in [0.2, 0.25) is 0 Å². The lowest BCUT2D eigenvalue weighted by Gasteiger charge is -2.13. The fraction of sp³-hybridized carbons (Fsp3) is 0.320. The summed E-state index contributed by atoms with van der Waals surface area (Å²) in [5, 5.41) is 12.2. The summed E-state index contributed by atoms with van der Waals surface area (Å²) in [6, 6.07) is 10.9. The molecule has 0 aliphatic carbocycles. The van der Waals surface area contributed by atoms with E-state index in [2.05, 4.69) is 20.1 Å². The second-order valence-electron chi connectivity index (χ2n) is 7.84. The molecule has 2 heterocycles. The van der Waals surface area contributed by atoms with Crippen LogP contribution in [0.15, 0.2) is 42.5 Å². The van der Waals surface area contributed by atoms with Gasteiger partial charge in [-0.3, -0.25) is 4.79 Å². The van der Waals surface area contributed by atoms with Gasteiger partial charge < -0.3 is 19.4 Å². The number of amides is 1. The number of nitrogens with one attached hydrogen (secondary N) is 1. The van der Waals surface area contributed by atoms with Gasteiger partial charge in [0, 0.05) is 24.2 Å². The molecule has 1 aliphatic heterocycles. The van der Waals surface area contributed by atoms with Crippen LogP contribution in [-0.4, -0.2) is 34.4 Å². The molecule has 33 heavy (non-hydrogen) atoms. The van der Waals surface area contributed by atoms with Gasteiger partial charge in [-0.1, -0.05) is 36.2 Å². The highest BCUT2D eigenvalue weighted by atomic mass is 35.5. The maximum atomic E-state index is 12.6. The average Bonchev–Trinajstić information content (AvgIpc) is 3.07. The van der Waals surface area contributed by atoms with Gasteiger partial charge in [-0.2, -0.15) is 0 Å². The van der Waals surface area contributed by atoms with Crippen molar-refractivity contribution in [2.75, 3.05) is 19.0 Å². The molecular formula is C25H27ClN4O3.